The number of carbonyl (C=O) groups excluding carboxylic acids is 1. The summed E-state index contributed by atoms with van der Waals surface area (Å²) in [6.07, 6.45) is 1.65. The average Bonchev–Trinajstić information content (AvgIpc) is 3.25. The van der Waals surface area contributed by atoms with Crippen LogP contribution in [0.25, 0.3) is 11.4 Å². The van der Waals surface area contributed by atoms with Crippen LogP contribution in [0.15, 0.2) is 30.5 Å². The van der Waals surface area contributed by atoms with Crippen LogP contribution in [-0.4, -0.2) is 72.9 Å². The molecule has 0 aromatic carbocycles. The zero-order valence-electron chi connectivity index (χ0n) is 14.5. The van der Waals surface area contributed by atoms with Crippen LogP contribution in [0.3, 0.4) is 0 Å². The molecule has 1 aliphatic heterocycles. The summed E-state index contributed by atoms with van der Waals surface area (Å²) in [5.74, 6) is -0.737. The van der Waals surface area contributed by atoms with Gasteiger partial charge in [0.1, 0.15) is 11.4 Å². The Morgan fingerprint density at radius 3 is 2.85 bits per heavy atom. The van der Waals surface area contributed by atoms with Gasteiger partial charge in [0.15, 0.2) is 0 Å². The number of aromatic nitrogens is 3. The van der Waals surface area contributed by atoms with Crippen LogP contribution in [0.2, 0.25) is 0 Å². The Labute approximate surface area is 151 Å². The van der Waals surface area contributed by atoms with E-state index in [4.69, 9.17) is 4.74 Å². The van der Waals surface area contributed by atoms with Crippen LogP contribution in [0.4, 0.5) is 0 Å². The molecule has 2 N–H and O–H groups in total. The quantitative estimate of drug-likeness (QED) is 0.736. The Kier molecular flexibility index (Phi) is 5.35. The molecule has 3 heterocycles. The van der Waals surface area contributed by atoms with Gasteiger partial charge in [0.25, 0.3) is 5.91 Å². The van der Waals surface area contributed by atoms with Gasteiger partial charge in [-0.2, -0.15) is 5.10 Å². The molecule has 0 aliphatic carbocycles. The minimum atomic E-state index is -3.37. The summed E-state index contributed by atoms with van der Waals surface area (Å²) in [5, 5.41) is 9.62. The van der Waals surface area contributed by atoms with Gasteiger partial charge in [-0.05, 0) is 18.2 Å². The van der Waals surface area contributed by atoms with E-state index in [9.17, 15) is 13.2 Å². The van der Waals surface area contributed by atoms with Crippen molar-refractivity contribution in [3.63, 3.8) is 0 Å². The lowest BCUT2D eigenvalue weighted by Gasteiger charge is -2.20. The van der Waals surface area contributed by atoms with Crippen molar-refractivity contribution in [1.82, 2.24) is 24.8 Å². The molecule has 1 amide bonds. The van der Waals surface area contributed by atoms with E-state index in [1.165, 1.54) is 18.4 Å². The monoisotopic (exact) mass is 379 g/mol. The van der Waals surface area contributed by atoms with E-state index in [1.54, 1.807) is 24.4 Å². The lowest BCUT2D eigenvalue weighted by molar-refractivity contribution is 0.0921. The van der Waals surface area contributed by atoms with E-state index in [0.717, 1.165) is 0 Å². The summed E-state index contributed by atoms with van der Waals surface area (Å²) in [6, 6.07) is 6.66. The fraction of sp³-hybridized carbons (Fsp3) is 0.438. The summed E-state index contributed by atoms with van der Waals surface area (Å²) in [7, 11) is -0.396. The maximum Gasteiger partial charge on any atom is 0.269 e. The second-order valence-electron chi connectivity index (χ2n) is 6.32. The Morgan fingerprint density at radius 1 is 1.35 bits per heavy atom. The van der Waals surface area contributed by atoms with Gasteiger partial charge in [-0.3, -0.25) is 14.9 Å². The summed E-state index contributed by atoms with van der Waals surface area (Å²) in [5.41, 5.74) is 1.50. The third-order valence-corrected chi connectivity index (χ3v) is 6.21. The molecule has 140 valence electrons. The Hall–Kier alpha value is -2.30. The zero-order valence-corrected chi connectivity index (χ0v) is 15.4. The number of H-pyrrole nitrogens is 1. The van der Waals surface area contributed by atoms with Gasteiger partial charge in [-0.25, -0.2) is 12.7 Å². The SMILES string of the molecule is CN(C)S(=O)(=O)C[C@@H]1COC[C@@H]1NC(=O)c1cc(-c2ccccn2)n[nH]1. The highest BCUT2D eigenvalue weighted by molar-refractivity contribution is 7.89. The Morgan fingerprint density at radius 2 is 2.15 bits per heavy atom. The molecule has 2 aromatic heterocycles. The molecule has 3 rings (SSSR count). The van der Waals surface area contributed by atoms with Crippen molar-refractivity contribution < 1.29 is 17.9 Å². The highest BCUT2D eigenvalue weighted by atomic mass is 32.2. The number of carbonyl (C=O) groups is 1. The van der Waals surface area contributed by atoms with Crippen molar-refractivity contribution in [1.29, 1.82) is 0 Å². The van der Waals surface area contributed by atoms with Crippen LogP contribution >= 0.6 is 0 Å². The van der Waals surface area contributed by atoms with Gasteiger partial charge >= 0.3 is 0 Å². The van der Waals surface area contributed by atoms with Crippen molar-refractivity contribution in [2.75, 3.05) is 33.1 Å². The van der Waals surface area contributed by atoms with Crippen LogP contribution in [0.5, 0.6) is 0 Å². The molecule has 26 heavy (non-hydrogen) atoms. The van der Waals surface area contributed by atoms with Crippen LogP contribution < -0.4 is 5.32 Å². The Balaban J connectivity index is 1.67. The number of ether oxygens (including phenoxy) is 1. The lowest BCUT2D eigenvalue weighted by atomic mass is 10.1. The molecule has 0 spiro atoms. The standard InChI is InChI=1S/C16H21N5O4S/c1-21(2)26(23,24)10-11-8-25-9-15(11)18-16(22)14-7-13(19-20-14)12-5-3-4-6-17-12/h3-7,11,15H,8-10H2,1-2H3,(H,18,22)(H,19,20)/t11-,15-/m0/s1. The number of hydrogen-bond acceptors (Lipinski definition) is 6. The fourth-order valence-electron chi connectivity index (χ4n) is 2.67. The lowest BCUT2D eigenvalue weighted by Crippen LogP contribution is -2.43. The van der Waals surface area contributed by atoms with E-state index < -0.39 is 10.0 Å². The maximum atomic E-state index is 12.5. The normalized spacial score (nSPS) is 20.4. The topological polar surface area (TPSA) is 117 Å². The van der Waals surface area contributed by atoms with Crippen LogP contribution in [-0.2, 0) is 14.8 Å². The van der Waals surface area contributed by atoms with E-state index >= 15 is 0 Å². The number of rotatable bonds is 6. The summed E-state index contributed by atoms with van der Waals surface area (Å²) in [6.45, 7) is 0.570. The van der Waals surface area contributed by atoms with Crippen molar-refractivity contribution in [3.05, 3.63) is 36.2 Å². The number of amides is 1. The smallest absolute Gasteiger partial charge is 0.269 e. The molecule has 0 saturated carbocycles. The van der Waals surface area contributed by atoms with Crippen LogP contribution in [0, 0.1) is 5.92 Å². The molecule has 1 fully saturated rings. The van der Waals surface area contributed by atoms with Gasteiger partial charge in [-0.1, -0.05) is 6.07 Å². The predicted octanol–water partition coefficient (Wildman–Crippen LogP) is 0.108. The van der Waals surface area contributed by atoms with Gasteiger partial charge in [-0.15, -0.1) is 0 Å². The van der Waals surface area contributed by atoms with Gasteiger partial charge < -0.3 is 10.1 Å². The minimum Gasteiger partial charge on any atom is -0.379 e. The van der Waals surface area contributed by atoms with Crippen molar-refractivity contribution in [3.8, 4) is 11.4 Å². The summed E-state index contributed by atoms with van der Waals surface area (Å²) in [4.78, 5) is 16.7. The molecule has 1 saturated heterocycles. The molecule has 2 atom stereocenters. The van der Waals surface area contributed by atoms with Gasteiger partial charge in [0.05, 0.1) is 30.7 Å². The first-order valence-electron chi connectivity index (χ1n) is 8.12. The highest BCUT2D eigenvalue weighted by Gasteiger charge is 2.34. The first-order chi connectivity index (χ1) is 12.4. The second-order valence-corrected chi connectivity index (χ2v) is 8.55. The molecule has 1 aliphatic rings. The molecule has 10 heteroatoms. The number of sulfonamides is 1. The third-order valence-electron chi connectivity index (χ3n) is 4.25. The molecular formula is C16H21N5O4S. The van der Waals surface area contributed by atoms with E-state index in [0.29, 0.717) is 18.0 Å². The number of nitrogens with one attached hydrogen (secondary N) is 2. The molecule has 0 bridgehead atoms. The molecular weight excluding hydrogens is 358 g/mol. The van der Waals surface area contributed by atoms with Gasteiger partial charge in [0.2, 0.25) is 10.0 Å². The van der Waals surface area contributed by atoms with E-state index in [2.05, 4.69) is 20.5 Å². The predicted molar refractivity (Wildman–Crippen MR) is 94.9 cm³/mol. The number of hydrogen-bond donors (Lipinski definition) is 2. The number of aromatic amines is 1. The Bertz CT molecular complexity index is 866. The molecule has 9 nitrogen and oxygen atoms in total. The first kappa shape index (κ1) is 18.5. The summed E-state index contributed by atoms with van der Waals surface area (Å²) >= 11 is 0. The fourth-order valence-corrected chi connectivity index (χ4v) is 3.84. The number of pyridine rings is 1. The molecule has 2 aromatic rings. The van der Waals surface area contributed by atoms with E-state index in [-0.39, 0.29) is 35.9 Å². The maximum absolute atomic E-state index is 12.5. The van der Waals surface area contributed by atoms with Gasteiger partial charge in [0, 0.05) is 26.2 Å². The summed E-state index contributed by atoms with van der Waals surface area (Å²) < 4.78 is 30.7. The first-order valence-corrected chi connectivity index (χ1v) is 9.73. The highest BCUT2D eigenvalue weighted by Crippen LogP contribution is 2.19. The largest absolute Gasteiger partial charge is 0.379 e. The van der Waals surface area contributed by atoms with Crippen LogP contribution in [0.1, 0.15) is 10.5 Å². The van der Waals surface area contributed by atoms with Crippen molar-refractivity contribution in [2.45, 2.75) is 6.04 Å². The zero-order chi connectivity index (χ0) is 18.7. The van der Waals surface area contributed by atoms with Crippen molar-refractivity contribution >= 4 is 15.9 Å². The van der Waals surface area contributed by atoms with E-state index in [1.807, 2.05) is 6.07 Å². The average molecular weight is 379 g/mol. The second kappa shape index (κ2) is 7.52. The minimum absolute atomic E-state index is 0.0763. The molecule has 0 unspecified atom stereocenters. The van der Waals surface area contributed by atoms with Crippen molar-refractivity contribution in [2.24, 2.45) is 5.92 Å². The number of nitrogens with zero attached hydrogens (tertiary/aromatic N) is 3. The third kappa shape index (κ3) is 4.09. The molecule has 0 radical (unpaired) electrons.